The van der Waals surface area contributed by atoms with Gasteiger partial charge in [0, 0.05) is 13.0 Å². The largest absolute Gasteiger partial charge is 0.457 e. The number of hydrogen-bond donors (Lipinski definition) is 1. The van der Waals surface area contributed by atoms with E-state index < -0.39 is 6.10 Å². The maximum Gasteiger partial charge on any atom is 0.306 e. The van der Waals surface area contributed by atoms with Gasteiger partial charge in [0.1, 0.15) is 6.10 Å². The van der Waals surface area contributed by atoms with E-state index in [1.807, 2.05) is 0 Å². The molecule has 0 spiro atoms. The number of ether oxygens (including phenoxy) is 2. The molecule has 0 rings (SSSR count). The summed E-state index contributed by atoms with van der Waals surface area (Å²) in [6.45, 7) is 5.36. The Morgan fingerprint density at radius 1 is 0.535 bits per heavy atom. The van der Waals surface area contributed by atoms with Crippen molar-refractivity contribution < 1.29 is 19.4 Å². The minimum absolute atomic E-state index is 0.170. The molecule has 0 bridgehead atoms. The molecule has 4 nitrogen and oxygen atoms in total. The summed E-state index contributed by atoms with van der Waals surface area (Å²) in [7, 11) is 0. The summed E-state index contributed by atoms with van der Waals surface area (Å²) >= 11 is 0. The fourth-order valence-electron chi connectivity index (χ4n) is 5.68. The van der Waals surface area contributed by atoms with Crippen LogP contribution in [0.25, 0.3) is 0 Å². The summed E-state index contributed by atoms with van der Waals surface area (Å²) in [5, 5.41) is 9.56. The van der Waals surface area contributed by atoms with Gasteiger partial charge in [-0.2, -0.15) is 0 Å². The van der Waals surface area contributed by atoms with E-state index in [9.17, 15) is 9.90 Å². The lowest BCUT2D eigenvalue weighted by atomic mass is 10.0. The zero-order valence-electron chi connectivity index (χ0n) is 29.2. The van der Waals surface area contributed by atoms with Crippen molar-refractivity contribution in [3.8, 4) is 0 Å². The van der Waals surface area contributed by atoms with E-state index in [4.69, 9.17) is 9.47 Å². The number of aliphatic hydroxyl groups is 1. The molecule has 0 aliphatic rings. The first kappa shape index (κ1) is 42.1. The highest BCUT2D eigenvalue weighted by atomic mass is 16.6. The van der Waals surface area contributed by atoms with Gasteiger partial charge in [-0.1, -0.05) is 174 Å². The molecule has 256 valence electrons. The second kappa shape index (κ2) is 37.3. The van der Waals surface area contributed by atoms with Crippen LogP contribution in [0, 0.1) is 0 Å². The molecule has 0 aromatic rings. The van der Waals surface area contributed by atoms with Gasteiger partial charge >= 0.3 is 5.97 Å². The second-order valence-corrected chi connectivity index (χ2v) is 13.0. The number of unbranched alkanes of at least 4 members (excludes halogenated alkanes) is 26. The average molecular weight is 609 g/mol. The minimum Gasteiger partial charge on any atom is -0.457 e. The Hall–Kier alpha value is -0.870. The third-order valence-corrected chi connectivity index (χ3v) is 8.59. The van der Waals surface area contributed by atoms with E-state index >= 15 is 0 Å². The maximum atomic E-state index is 12.1. The van der Waals surface area contributed by atoms with Crippen LogP contribution in [0.3, 0.4) is 0 Å². The fraction of sp³-hybridized carbons (Fsp3) is 0.923. The Kier molecular flexibility index (Phi) is 36.6. The predicted octanol–water partition coefficient (Wildman–Crippen LogP) is 12.2. The molecule has 0 aromatic carbocycles. The molecule has 0 saturated carbocycles. The van der Waals surface area contributed by atoms with E-state index in [0.29, 0.717) is 19.6 Å². The Balaban J connectivity index is 3.41. The Morgan fingerprint density at radius 3 is 1.33 bits per heavy atom. The number of rotatable bonds is 36. The molecule has 0 radical (unpaired) electrons. The number of allylic oxidation sites excluding steroid dienone is 2. The van der Waals surface area contributed by atoms with Crippen molar-refractivity contribution in [2.45, 2.75) is 213 Å². The number of aliphatic hydroxyl groups excluding tert-OH is 1. The summed E-state index contributed by atoms with van der Waals surface area (Å²) < 4.78 is 11.1. The van der Waals surface area contributed by atoms with Gasteiger partial charge in [0.05, 0.1) is 13.2 Å². The number of carbonyl (C=O) groups is 1. The maximum absolute atomic E-state index is 12.1. The third-order valence-electron chi connectivity index (χ3n) is 8.59. The summed E-state index contributed by atoms with van der Waals surface area (Å²) in [6, 6.07) is 0. The first-order valence-corrected chi connectivity index (χ1v) is 19.3. The summed E-state index contributed by atoms with van der Waals surface area (Å²) in [5.41, 5.74) is 0. The molecule has 0 aliphatic carbocycles. The lowest BCUT2D eigenvalue weighted by Crippen LogP contribution is -2.27. The zero-order chi connectivity index (χ0) is 31.3. The number of hydrogen-bond acceptors (Lipinski definition) is 4. The fourth-order valence-corrected chi connectivity index (χ4v) is 5.68. The van der Waals surface area contributed by atoms with Gasteiger partial charge in [0.2, 0.25) is 0 Å². The molecular formula is C39H76O4. The Bertz CT molecular complexity index is 561. The normalized spacial score (nSPS) is 12.3. The van der Waals surface area contributed by atoms with Gasteiger partial charge < -0.3 is 14.6 Å². The van der Waals surface area contributed by atoms with Crippen molar-refractivity contribution in [1.29, 1.82) is 0 Å². The quantitative estimate of drug-likeness (QED) is 0.0437. The smallest absolute Gasteiger partial charge is 0.306 e. The molecule has 0 aromatic heterocycles. The molecule has 1 N–H and O–H groups in total. The molecule has 0 fully saturated rings. The van der Waals surface area contributed by atoms with Crippen LogP contribution in [0.4, 0.5) is 0 Å². The topological polar surface area (TPSA) is 55.8 Å². The van der Waals surface area contributed by atoms with Crippen LogP contribution in [-0.2, 0) is 14.3 Å². The number of esters is 1. The molecule has 0 heterocycles. The van der Waals surface area contributed by atoms with Gasteiger partial charge in [-0.25, -0.2) is 0 Å². The minimum atomic E-state index is -0.531. The van der Waals surface area contributed by atoms with Crippen molar-refractivity contribution in [3.63, 3.8) is 0 Å². The molecule has 1 atom stereocenters. The van der Waals surface area contributed by atoms with Crippen molar-refractivity contribution in [2.24, 2.45) is 0 Å². The summed E-state index contributed by atoms with van der Waals surface area (Å²) in [6.07, 6.45) is 42.5. The number of carbonyl (C=O) groups excluding carboxylic acids is 1. The van der Waals surface area contributed by atoms with E-state index in [2.05, 4.69) is 26.0 Å². The monoisotopic (exact) mass is 609 g/mol. The standard InChI is InChI=1S/C39H76O4/c1-3-5-7-9-11-13-15-17-19-21-23-25-27-29-31-33-35-42-37-38(36-40)43-39(41)34-32-30-28-26-24-22-20-18-16-14-12-10-8-6-4-2/h18,20,38,40H,3-17,19,21-37H2,1-2H3/b20-18-/t38-/m1/s1. The second-order valence-electron chi connectivity index (χ2n) is 13.0. The van der Waals surface area contributed by atoms with Crippen molar-refractivity contribution in [2.75, 3.05) is 19.8 Å². The van der Waals surface area contributed by atoms with E-state index in [0.717, 1.165) is 19.3 Å². The van der Waals surface area contributed by atoms with Crippen molar-refractivity contribution >= 4 is 5.97 Å². The average Bonchev–Trinajstić information content (AvgIpc) is 3.01. The van der Waals surface area contributed by atoms with Crippen LogP contribution in [0.5, 0.6) is 0 Å². The predicted molar refractivity (Wildman–Crippen MR) is 187 cm³/mol. The van der Waals surface area contributed by atoms with E-state index in [1.54, 1.807) is 0 Å². The lowest BCUT2D eigenvalue weighted by molar-refractivity contribution is -0.154. The first-order chi connectivity index (χ1) is 21.2. The molecule has 43 heavy (non-hydrogen) atoms. The molecule has 0 aliphatic heterocycles. The van der Waals surface area contributed by atoms with Crippen LogP contribution >= 0.6 is 0 Å². The van der Waals surface area contributed by atoms with Crippen LogP contribution in [0.2, 0.25) is 0 Å². The zero-order valence-corrected chi connectivity index (χ0v) is 29.2. The van der Waals surface area contributed by atoms with Crippen molar-refractivity contribution in [1.82, 2.24) is 0 Å². The van der Waals surface area contributed by atoms with Gasteiger partial charge in [0.25, 0.3) is 0 Å². The highest BCUT2D eigenvalue weighted by Gasteiger charge is 2.13. The summed E-state index contributed by atoms with van der Waals surface area (Å²) in [4.78, 5) is 12.1. The van der Waals surface area contributed by atoms with Gasteiger partial charge in [-0.05, 0) is 38.5 Å². The third kappa shape index (κ3) is 35.5. The molecule has 0 amide bonds. The molecule has 0 unspecified atom stereocenters. The van der Waals surface area contributed by atoms with Gasteiger partial charge in [-0.3, -0.25) is 4.79 Å². The Morgan fingerprint density at radius 2 is 0.907 bits per heavy atom. The highest BCUT2D eigenvalue weighted by molar-refractivity contribution is 5.69. The summed E-state index contributed by atoms with van der Waals surface area (Å²) in [5.74, 6) is -0.206. The highest BCUT2D eigenvalue weighted by Crippen LogP contribution is 2.14. The molecule has 4 heteroatoms. The van der Waals surface area contributed by atoms with E-state index in [-0.39, 0.29) is 12.6 Å². The van der Waals surface area contributed by atoms with Crippen molar-refractivity contribution in [3.05, 3.63) is 12.2 Å². The molecule has 0 saturated heterocycles. The van der Waals surface area contributed by atoms with Gasteiger partial charge in [0.15, 0.2) is 0 Å². The van der Waals surface area contributed by atoms with Crippen LogP contribution in [-0.4, -0.2) is 37.0 Å². The van der Waals surface area contributed by atoms with Crippen LogP contribution in [0.1, 0.15) is 206 Å². The first-order valence-electron chi connectivity index (χ1n) is 19.3. The van der Waals surface area contributed by atoms with Gasteiger partial charge in [-0.15, -0.1) is 0 Å². The Labute approximate surface area is 269 Å². The van der Waals surface area contributed by atoms with E-state index in [1.165, 1.54) is 167 Å². The van der Waals surface area contributed by atoms with Crippen LogP contribution in [0.15, 0.2) is 12.2 Å². The SMILES string of the molecule is CCCCCCCC/C=C\CCCCCCCC(=O)O[C@H](CO)COCCCCCCCCCCCCCCCCCC. The lowest BCUT2D eigenvalue weighted by Gasteiger charge is -2.15. The van der Waals surface area contributed by atoms with Crippen LogP contribution < -0.4 is 0 Å². The molecular weight excluding hydrogens is 532 g/mol.